The second kappa shape index (κ2) is 5.34. The molecule has 20 heavy (non-hydrogen) atoms. The molecule has 0 fully saturated rings. The maximum Gasteiger partial charge on any atom is 0.328 e. The lowest BCUT2D eigenvalue weighted by molar-refractivity contribution is -0.140. The van der Waals surface area contributed by atoms with Crippen LogP contribution in [-0.2, 0) is 4.79 Å². The average Bonchev–Trinajstić information content (AvgIpc) is 2.70. The molecule has 0 aliphatic rings. The molecule has 0 aliphatic carbocycles. The number of aliphatic hydroxyl groups excluding tert-OH is 1. The van der Waals surface area contributed by atoms with E-state index in [9.17, 15) is 9.59 Å². The molecule has 2 rings (SSSR count). The predicted octanol–water partition coefficient (Wildman–Crippen LogP) is 0.960. The maximum absolute atomic E-state index is 12.0. The monoisotopic (exact) mass is 276 g/mol. The summed E-state index contributed by atoms with van der Waals surface area (Å²) >= 11 is 0. The molecule has 1 amide bonds. The summed E-state index contributed by atoms with van der Waals surface area (Å²) in [6.07, 6.45) is 0. The predicted molar refractivity (Wildman–Crippen MR) is 73.7 cm³/mol. The van der Waals surface area contributed by atoms with Crippen LogP contribution in [-0.4, -0.2) is 39.7 Å². The largest absolute Gasteiger partial charge is 0.480 e. The molecule has 0 aliphatic heterocycles. The van der Waals surface area contributed by atoms with Gasteiger partial charge in [0.2, 0.25) is 0 Å². The van der Waals surface area contributed by atoms with Gasteiger partial charge in [0.05, 0.1) is 6.61 Å². The minimum Gasteiger partial charge on any atom is -0.480 e. The van der Waals surface area contributed by atoms with Gasteiger partial charge in [-0.25, -0.2) is 4.79 Å². The van der Waals surface area contributed by atoms with Gasteiger partial charge in [0, 0.05) is 22.2 Å². The van der Waals surface area contributed by atoms with Crippen molar-refractivity contribution in [2.75, 3.05) is 6.61 Å². The quantitative estimate of drug-likeness (QED) is 0.668. The summed E-state index contributed by atoms with van der Waals surface area (Å²) in [5.41, 5.74) is 3.36. The first-order chi connectivity index (χ1) is 9.43. The van der Waals surface area contributed by atoms with Crippen LogP contribution in [0.3, 0.4) is 0 Å². The number of rotatable bonds is 4. The van der Waals surface area contributed by atoms with Crippen molar-refractivity contribution in [3.8, 4) is 0 Å². The van der Waals surface area contributed by atoms with Crippen molar-refractivity contribution in [3.63, 3.8) is 0 Å². The van der Waals surface area contributed by atoms with Crippen molar-refractivity contribution in [1.29, 1.82) is 0 Å². The van der Waals surface area contributed by atoms with Gasteiger partial charge in [-0.2, -0.15) is 0 Å². The number of carboxylic acids is 1. The highest BCUT2D eigenvalue weighted by Gasteiger charge is 2.20. The number of amides is 1. The first-order valence-electron chi connectivity index (χ1n) is 6.17. The van der Waals surface area contributed by atoms with Crippen LogP contribution in [0.4, 0.5) is 0 Å². The van der Waals surface area contributed by atoms with Crippen molar-refractivity contribution < 1.29 is 19.8 Å². The number of aliphatic hydroxyl groups is 1. The van der Waals surface area contributed by atoms with Gasteiger partial charge in [0.25, 0.3) is 5.91 Å². The van der Waals surface area contributed by atoms with Gasteiger partial charge in [-0.3, -0.25) is 4.79 Å². The molecule has 106 valence electrons. The molecule has 0 saturated heterocycles. The molecule has 0 unspecified atom stereocenters. The van der Waals surface area contributed by atoms with Crippen LogP contribution in [0.25, 0.3) is 10.9 Å². The van der Waals surface area contributed by atoms with Crippen LogP contribution >= 0.6 is 0 Å². The zero-order chi connectivity index (χ0) is 14.9. The summed E-state index contributed by atoms with van der Waals surface area (Å²) in [4.78, 5) is 26.0. The van der Waals surface area contributed by atoms with E-state index in [4.69, 9.17) is 10.2 Å². The number of H-pyrrole nitrogens is 1. The molecule has 6 heteroatoms. The third-order valence-electron chi connectivity index (χ3n) is 3.36. The van der Waals surface area contributed by atoms with Crippen LogP contribution in [0.1, 0.15) is 21.6 Å². The number of hydrogen-bond acceptors (Lipinski definition) is 3. The minimum atomic E-state index is -1.30. The Hall–Kier alpha value is -2.34. The van der Waals surface area contributed by atoms with Crippen molar-refractivity contribution in [2.45, 2.75) is 19.9 Å². The van der Waals surface area contributed by atoms with Crippen LogP contribution < -0.4 is 5.32 Å². The Morgan fingerprint density at radius 2 is 2.05 bits per heavy atom. The fourth-order valence-electron chi connectivity index (χ4n) is 2.03. The van der Waals surface area contributed by atoms with Crippen molar-refractivity contribution in [2.24, 2.45) is 0 Å². The van der Waals surface area contributed by atoms with Gasteiger partial charge in [0.15, 0.2) is 6.04 Å². The summed E-state index contributed by atoms with van der Waals surface area (Å²) in [6, 6.07) is 3.80. The molecular weight excluding hydrogens is 260 g/mol. The van der Waals surface area contributed by atoms with E-state index in [0.717, 1.165) is 22.2 Å². The second-order valence-electron chi connectivity index (χ2n) is 4.68. The highest BCUT2D eigenvalue weighted by atomic mass is 16.4. The van der Waals surface area contributed by atoms with E-state index in [1.165, 1.54) is 0 Å². The third kappa shape index (κ3) is 2.50. The van der Waals surface area contributed by atoms with Crippen molar-refractivity contribution >= 4 is 22.8 Å². The number of hydrogen-bond donors (Lipinski definition) is 4. The van der Waals surface area contributed by atoms with Crippen LogP contribution in [0.5, 0.6) is 0 Å². The zero-order valence-electron chi connectivity index (χ0n) is 11.2. The van der Waals surface area contributed by atoms with Crippen LogP contribution in [0, 0.1) is 13.8 Å². The van der Waals surface area contributed by atoms with Gasteiger partial charge in [-0.1, -0.05) is 0 Å². The molecule has 1 atom stereocenters. The molecule has 1 aromatic carbocycles. The molecule has 4 N–H and O–H groups in total. The lowest BCUT2D eigenvalue weighted by Crippen LogP contribution is -2.43. The maximum atomic E-state index is 12.0. The molecular formula is C14H16N2O4. The molecule has 1 heterocycles. The van der Waals surface area contributed by atoms with Gasteiger partial charge in [-0.15, -0.1) is 0 Å². The highest BCUT2D eigenvalue weighted by Crippen LogP contribution is 2.22. The summed E-state index contributed by atoms with van der Waals surface area (Å²) in [6.45, 7) is 3.25. The van der Waals surface area contributed by atoms with Gasteiger partial charge >= 0.3 is 5.97 Å². The van der Waals surface area contributed by atoms with Crippen LogP contribution in [0.2, 0.25) is 0 Å². The summed E-state index contributed by atoms with van der Waals surface area (Å²) in [5.74, 6) is -1.79. The Labute approximate surface area is 115 Å². The number of aromatic amines is 1. The smallest absolute Gasteiger partial charge is 0.328 e. The average molecular weight is 276 g/mol. The number of aryl methyl sites for hydroxylation is 2. The van der Waals surface area contributed by atoms with Gasteiger partial charge < -0.3 is 20.5 Å². The number of aromatic nitrogens is 1. The fraction of sp³-hybridized carbons (Fsp3) is 0.286. The number of aliphatic carboxylic acids is 1. The van der Waals surface area contributed by atoms with Gasteiger partial charge in [-0.05, 0) is 37.6 Å². The number of fused-ring (bicyclic) bond motifs is 1. The number of benzene rings is 1. The van der Waals surface area contributed by atoms with E-state index in [2.05, 4.69) is 10.3 Å². The lowest BCUT2D eigenvalue weighted by Gasteiger charge is -2.11. The standard InChI is InChI=1S/C14H16N2O4/c1-7-8(2)15-11-4-3-9(5-10(7)11)13(18)16-12(6-17)14(19)20/h3-5,12,15,17H,6H2,1-2H3,(H,16,18)(H,19,20)/t12-/m0/s1. The summed E-state index contributed by atoms with van der Waals surface area (Å²) < 4.78 is 0. The molecule has 0 saturated carbocycles. The number of carbonyl (C=O) groups excluding carboxylic acids is 1. The SMILES string of the molecule is Cc1[nH]c2ccc(C(=O)N[C@@H](CO)C(=O)O)cc2c1C. The van der Waals surface area contributed by atoms with E-state index in [-0.39, 0.29) is 0 Å². The van der Waals surface area contributed by atoms with E-state index in [1.54, 1.807) is 18.2 Å². The molecule has 2 aromatic rings. The fourth-order valence-corrected chi connectivity index (χ4v) is 2.03. The van der Waals surface area contributed by atoms with E-state index in [0.29, 0.717) is 5.56 Å². The molecule has 6 nitrogen and oxygen atoms in total. The van der Waals surface area contributed by atoms with E-state index >= 15 is 0 Å². The Balaban J connectivity index is 2.30. The molecule has 0 bridgehead atoms. The normalized spacial score (nSPS) is 12.3. The minimum absolute atomic E-state index is 0.360. The van der Waals surface area contributed by atoms with E-state index in [1.807, 2.05) is 13.8 Å². The Morgan fingerprint density at radius 1 is 1.35 bits per heavy atom. The van der Waals surface area contributed by atoms with Gasteiger partial charge in [0.1, 0.15) is 0 Å². The molecule has 0 radical (unpaired) electrons. The van der Waals surface area contributed by atoms with E-state index < -0.39 is 24.5 Å². The number of carboxylic acid groups (broad SMARTS) is 1. The first kappa shape index (κ1) is 14.1. The lowest BCUT2D eigenvalue weighted by atomic mass is 10.1. The Morgan fingerprint density at radius 3 is 2.65 bits per heavy atom. The molecule has 1 aromatic heterocycles. The summed E-state index contributed by atoms with van der Waals surface area (Å²) in [7, 11) is 0. The van der Waals surface area contributed by atoms with Crippen LogP contribution in [0.15, 0.2) is 18.2 Å². The second-order valence-corrected chi connectivity index (χ2v) is 4.68. The topological polar surface area (TPSA) is 102 Å². The highest BCUT2D eigenvalue weighted by molar-refractivity contribution is 6.00. The Kier molecular flexibility index (Phi) is 3.76. The summed E-state index contributed by atoms with van der Waals surface area (Å²) in [5, 5.41) is 20.9. The van der Waals surface area contributed by atoms with Crippen molar-refractivity contribution in [1.82, 2.24) is 10.3 Å². The van der Waals surface area contributed by atoms with Crippen molar-refractivity contribution in [3.05, 3.63) is 35.0 Å². The number of carbonyl (C=O) groups is 2. The molecule has 0 spiro atoms. The number of nitrogens with one attached hydrogen (secondary N) is 2. The first-order valence-corrected chi connectivity index (χ1v) is 6.17. The Bertz CT molecular complexity index is 675. The third-order valence-corrected chi connectivity index (χ3v) is 3.36. The zero-order valence-corrected chi connectivity index (χ0v) is 11.2.